The lowest BCUT2D eigenvalue weighted by molar-refractivity contribution is 0.590. The Balaban J connectivity index is 2.41. The zero-order valence-electron chi connectivity index (χ0n) is 11.7. The fourth-order valence-corrected chi connectivity index (χ4v) is 3.50. The van der Waals surface area contributed by atoms with Crippen molar-refractivity contribution in [2.45, 2.75) is 18.4 Å². The second-order valence-corrected chi connectivity index (χ2v) is 6.36. The van der Waals surface area contributed by atoms with E-state index >= 15 is 0 Å². The molecule has 2 N–H and O–H groups in total. The third-order valence-electron chi connectivity index (χ3n) is 3.15. The molecule has 2 aromatic rings. The van der Waals surface area contributed by atoms with Crippen LogP contribution in [0.5, 0.6) is 0 Å². The normalized spacial score (nSPS) is 11.4. The number of rotatable bonds is 5. The molecule has 0 heterocycles. The summed E-state index contributed by atoms with van der Waals surface area (Å²) in [5, 5.41) is 0. The first-order valence-electron chi connectivity index (χ1n) is 6.56. The fourth-order valence-electron chi connectivity index (χ4n) is 2.02. The van der Waals surface area contributed by atoms with Gasteiger partial charge in [-0.1, -0.05) is 12.1 Å². The fraction of sp³-hybridized carbons (Fsp3) is 0.200. The topological polar surface area (TPSA) is 63.4 Å². The standard InChI is InChI=1S/C15H17FN2O2S/c1-2-18(14-7-3-12(11-17)4-8-14)21(19,20)15-9-5-13(16)6-10-15/h3-10H,2,11,17H2,1H3. The van der Waals surface area contributed by atoms with E-state index in [4.69, 9.17) is 5.73 Å². The molecule has 112 valence electrons. The largest absolute Gasteiger partial charge is 0.326 e. The Bertz CT molecular complexity index is 697. The van der Waals surface area contributed by atoms with Gasteiger partial charge in [0.05, 0.1) is 10.6 Å². The molecule has 0 aliphatic heterocycles. The molecule has 6 heteroatoms. The van der Waals surface area contributed by atoms with Crippen molar-refractivity contribution in [1.82, 2.24) is 0 Å². The van der Waals surface area contributed by atoms with E-state index in [2.05, 4.69) is 0 Å². The molecule has 0 saturated heterocycles. The van der Waals surface area contributed by atoms with Crippen molar-refractivity contribution in [2.24, 2.45) is 5.73 Å². The minimum absolute atomic E-state index is 0.0636. The van der Waals surface area contributed by atoms with Gasteiger partial charge in [-0.3, -0.25) is 4.31 Å². The summed E-state index contributed by atoms with van der Waals surface area (Å²) in [5.74, 6) is -0.468. The van der Waals surface area contributed by atoms with Gasteiger partial charge in [0.2, 0.25) is 0 Å². The molecule has 4 nitrogen and oxygen atoms in total. The van der Waals surface area contributed by atoms with Crippen molar-refractivity contribution in [3.8, 4) is 0 Å². The number of nitrogens with two attached hydrogens (primary N) is 1. The average Bonchev–Trinajstić information content (AvgIpc) is 2.49. The van der Waals surface area contributed by atoms with Crippen molar-refractivity contribution in [2.75, 3.05) is 10.8 Å². The van der Waals surface area contributed by atoms with Crippen LogP contribution >= 0.6 is 0 Å². The highest BCUT2D eigenvalue weighted by atomic mass is 32.2. The molecule has 0 fully saturated rings. The van der Waals surface area contributed by atoms with Gasteiger partial charge in [0.1, 0.15) is 5.82 Å². The van der Waals surface area contributed by atoms with E-state index in [1.54, 1.807) is 31.2 Å². The SMILES string of the molecule is CCN(c1ccc(CN)cc1)S(=O)(=O)c1ccc(F)cc1. The quantitative estimate of drug-likeness (QED) is 0.923. The smallest absolute Gasteiger partial charge is 0.264 e. The molecule has 0 saturated carbocycles. The van der Waals surface area contributed by atoms with Gasteiger partial charge in [-0.2, -0.15) is 0 Å². The van der Waals surface area contributed by atoms with Crippen LogP contribution in [0.25, 0.3) is 0 Å². The van der Waals surface area contributed by atoms with E-state index in [0.717, 1.165) is 17.7 Å². The minimum Gasteiger partial charge on any atom is -0.326 e. The molecule has 0 amide bonds. The summed E-state index contributed by atoms with van der Waals surface area (Å²) >= 11 is 0. The van der Waals surface area contributed by atoms with E-state index in [9.17, 15) is 12.8 Å². The van der Waals surface area contributed by atoms with E-state index in [0.29, 0.717) is 12.2 Å². The predicted octanol–water partition coefficient (Wildman–Crippen LogP) is 2.50. The molecule has 0 aliphatic rings. The zero-order chi connectivity index (χ0) is 15.5. The maximum Gasteiger partial charge on any atom is 0.264 e. The molecule has 2 aromatic carbocycles. The molecule has 0 bridgehead atoms. The maximum atomic E-state index is 12.9. The van der Waals surface area contributed by atoms with Gasteiger partial charge in [0.25, 0.3) is 10.0 Å². The lowest BCUT2D eigenvalue weighted by atomic mass is 10.2. The van der Waals surface area contributed by atoms with Crippen molar-refractivity contribution in [3.05, 3.63) is 59.9 Å². The first kappa shape index (κ1) is 15.5. The lowest BCUT2D eigenvalue weighted by Gasteiger charge is -2.23. The number of nitrogens with zero attached hydrogens (tertiary/aromatic N) is 1. The van der Waals surface area contributed by atoms with E-state index in [1.807, 2.05) is 0 Å². The first-order valence-corrected chi connectivity index (χ1v) is 8.00. The van der Waals surface area contributed by atoms with Gasteiger partial charge < -0.3 is 5.73 Å². The number of anilines is 1. The summed E-state index contributed by atoms with van der Waals surface area (Å²) in [6.45, 7) is 2.43. The highest BCUT2D eigenvalue weighted by molar-refractivity contribution is 7.92. The van der Waals surface area contributed by atoms with Gasteiger partial charge in [0, 0.05) is 13.1 Å². The second kappa shape index (κ2) is 6.24. The number of sulfonamides is 1. The third kappa shape index (κ3) is 3.22. The second-order valence-electron chi connectivity index (χ2n) is 4.49. The van der Waals surface area contributed by atoms with Gasteiger partial charge in [-0.05, 0) is 48.9 Å². The lowest BCUT2D eigenvalue weighted by Crippen LogP contribution is -2.30. The number of halogens is 1. The summed E-state index contributed by atoms with van der Waals surface area (Å²) in [6, 6.07) is 11.8. The average molecular weight is 308 g/mol. The van der Waals surface area contributed by atoms with Crippen LogP contribution in [-0.4, -0.2) is 15.0 Å². The molecule has 21 heavy (non-hydrogen) atoms. The summed E-state index contributed by atoms with van der Waals surface area (Å²) in [7, 11) is -3.71. The van der Waals surface area contributed by atoms with Crippen LogP contribution in [-0.2, 0) is 16.6 Å². The van der Waals surface area contributed by atoms with Crippen LogP contribution < -0.4 is 10.0 Å². The van der Waals surface area contributed by atoms with Gasteiger partial charge >= 0.3 is 0 Å². The Morgan fingerprint density at radius 2 is 1.62 bits per heavy atom. The van der Waals surface area contributed by atoms with Crippen LogP contribution in [0.3, 0.4) is 0 Å². The molecular formula is C15H17FN2O2S. The number of benzene rings is 2. The first-order chi connectivity index (χ1) is 9.98. The molecule has 2 rings (SSSR count). The van der Waals surface area contributed by atoms with Crippen molar-refractivity contribution in [1.29, 1.82) is 0 Å². The van der Waals surface area contributed by atoms with Crippen molar-refractivity contribution < 1.29 is 12.8 Å². The van der Waals surface area contributed by atoms with E-state index in [-0.39, 0.29) is 11.4 Å². The van der Waals surface area contributed by atoms with Gasteiger partial charge in [-0.25, -0.2) is 12.8 Å². The van der Waals surface area contributed by atoms with Crippen molar-refractivity contribution >= 4 is 15.7 Å². The van der Waals surface area contributed by atoms with E-state index < -0.39 is 15.8 Å². The summed E-state index contributed by atoms with van der Waals surface area (Å²) in [6.07, 6.45) is 0. The molecular weight excluding hydrogens is 291 g/mol. The van der Waals surface area contributed by atoms with Crippen LogP contribution in [0.2, 0.25) is 0 Å². The molecule has 0 spiro atoms. The molecule has 0 aromatic heterocycles. The summed E-state index contributed by atoms with van der Waals surface area (Å²) < 4.78 is 39.4. The highest BCUT2D eigenvalue weighted by Crippen LogP contribution is 2.24. The van der Waals surface area contributed by atoms with Crippen LogP contribution in [0, 0.1) is 5.82 Å². The number of hydrogen-bond acceptors (Lipinski definition) is 3. The molecule has 0 unspecified atom stereocenters. The predicted molar refractivity (Wildman–Crippen MR) is 80.9 cm³/mol. The Kier molecular flexibility index (Phi) is 4.59. The third-order valence-corrected chi connectivity index (χ3v) is 5.07. The highest BCUT2D eigenvalue weighted by Gasteiger charge is 2.23. The maximum absolute atomic E-state index is 12.9. The minimum atomic E-state index is -3.71. The Morgan fingerprint density at radius 3 is 2.10 bits per heavy atom. The Morgan fingerprint density at radius 1 is 1.05 bits per heavy atom. The van der Waals surface area contributed by atoms with Crippen LogP contribution in [0.1, 0.15) is 12.5 Å². The van der Waals surface area contributed by atoms with E-state index in [1.165, 1.54) is 16.4 Å². The van der Waals surface area contributed by atoms with Crippen molar-refractivity contribution in [3.63, 3.8) is 0 Å². The zero-order valence-corrected chi connectivity index (χ0v) is 12.5. The molecule has 0 radical (unpaired) electrons. The molecule has 0 atom stereocenters. The Hall–Kier alpha value is -1.92. The molecule has 0 aliphatic carbocycles. The van der Waals surface area contributed by atoms with Crippen LogP contribution in [0.4, 0.5) is 10.1 Å². The summed E-state index contributed by atoms with van der Waals surface area (Å²) in [4.78, 5) is 0.0636. The number of hydrogen-bond donors (Lipinski definition) is 1. The van der Waals surface area contributed by atoms with Crippen LogP contribution in [0.15, 0.2) is 53.4 Å². The van der Waals surface area contributed by atoms with Gasteiger partial charge in [0.15, 0.2) is 0 Å². The summed E-state index contributed by atoms with van der Waals surface area (Å²) in [5.41, 5.74) is 7.01. The van der Waals surface area contributed by atoms with Gasteiger partial charge in [-0.15, -0.1) is 0 Å². The Labute approximate surface area is 124 Å². The monoisotopic (exact) mass is 308 g/mol.